The topological polar surface area (TPSA) is 64.2 Å². The average molecular weight is 394 g/mol. The Bertz CT molecular complexity index is 978. The van der Waals surface area contributed by atoms with Crippen LogP contribution in [0.3, 0.4) is 0 Å². The predicted octanol–water partition coefficient (Wildman–Crippen LogP) is 4.27. The molecule has 4 rings (SSSR count). The number of hydrogen-bond acceptors (Lipinski definition) is 4. The summed E-state index contributed by atoms with van der Waals surface area (Å²) in [5, 5.41) is 10.6. The summed E-state index contributed by atoms with van der Waals surface area (Å²) in [6, 6.07) is 13.0. The Balaban J connectivity index is 1.57. The molecule has 0 atom stereocenters. The molecular weight excluding hydrogens is 371 g/mol. The van der Waals surface area contributed by atoms with Gasteiger partial charge in [0.1, 0.15) is 5.82 Å². The van der Waals surface area contributed by atoms with Gasteiger partial charge in [-0.2, -0.15) is 0 Å². The van der Waals surface area contributed by atoms with Crippen LogP contribution in [0.1, 0.15) is 18.9 Å². The van der Waals surface area contributed by atoms with Gasteiger partial charge in [0.05, 0.1) is 6.54 Å². The predicted molar refractivity (Wildman–Crippen MR) is 110 cm³/mol. The van der Waals surface area contributed by atoms with Crippen LogP contribution >= 0.6 is 0 Å². The molecule has 0 saturated carbocycles. The number of rotatable bonds is 6. The van der Waals surface area contributed by atoms with E-state index in [0.29, 0.717) is 12.6 Å². The summed E-state index contributed by atoms with van der Waals surface area (Å²) < 4.78 is 15.7. The molecule has 6 nitrogen and oxygen atoms in total. The second-order valence-corrected chi connectivity index (χ2v) is 7.36. The molecule has 7 heteroatoms. The van der Waals surface area contributed by atoms with Crippen molar-refractivity contribution in [1.29, 1.82) is 0 Å². The molecule has 1 aromatic carbocycles. The van der Waals surface area contributed by atoms with Crippen molar-refractivity contribution in [3.05, 3.63) is 77.0 Å². The molecule has 1 saturated heterocycles. The van der Waals surface area contributed by atoms with E-state index in [0.717, 1.165) is 48.3 Å². The zero-order valence-corrected chi connectivity index (χ0v) is 16.1. The van der Waals surface area contributed by atoms with Gasteiger partial charge in [-0.05, 0) is 48.7 Å². The first-order valence-electron chi connectivity index (χ1n) is 9.83. The summed E-state index contributed by atoms with van der Waals surface area (Å²) in [4.78, 5) is 16.8. The molecule has 29 heavy (non-hydrogen) atoms. The van der Waals surface area contributed by atoms with Crippen LogP contribution in [0.25, 0.3) is 22.4 Å². The molecule has 0 N–H and O–H groups in total. The third-order valence-corrected chi connectivity index (χ3v) is 5.58. The summed E-state index contributed by atoms with van der Waals surface area (Å²) in [7, 11) is 0. The van der Waals surface area contributed by atoms with Crippen LogP contribution in [0.15, 0.2) is 61.1 Å². The van der Waals surface area contributed by atoms with Gasteiger partial charge in [0.2, 0.25) is 6.54 Å². The number of nitro groups is 1. The smallest absolute Gasteiger partial charge is 0.216 e. The van der Waals surface area contributed by atoms with Crippen molar-refractivity contribution < 1.29 is 9.31 Å². The van der Waals surface area contributed by atoms with Crippen molar-refractivity contribution in [2.45, 2.75) is 18.9 Å². The van der Waals surface area contributed by atoms with Crippen LogP contribution in [0.4, 0.5) is 4.39 Å². The number of likely N-dealkylation sites (tertiary alicyclic amines) is 1. The lowest BCUT2D eigenvalue weighted by atomic mass is 9.98. The second kappa shape index (κ2) is 8.53. The van der Waals surface area contributed by atoms with Crippen LogP contribution in [0, 0.1) is 15.9 Å². The maximum atomic E-state index is 13.4. The van der Waals surface area contributed by atoms with E-state index < -0.39 is 0 Å². The van der Waals surface area contributed by atoms with Gasteiger partial charge in [-0.15, -0.1) is 0 Å². The van der Waals surface area contributed by atoms with Crippen LogP contribution in [-0.4, -0.2) is 45.6 Å². The molecule has 0 radical (unpaired) electrons. The van der Waals surface area contributed by atoms with Crippen molar-refractivity contribution in [3.63, 3.8) is 0 Å². The van der Waals surface area contributed by atoms with Gasteiger partial charge in [-0.1, -0.05) is 12.1 Å². The normalized spacial score (nSPS) is 15.5. The molecule has 0 aliphatic carbocycles. The fourth-order valence-corrected chi connectivity index (χ4v) is 4.06. The summed E-state index contributed by atoms with van der Waals surface area (Å²) >= 11 is 0. The minimum atomic E-state index is -0.258. The number of hydrogen-bond donors (Lipinski definition) is 0. The van der Waals surface area contributed by atoms with Gasteiger partial charge >= 0.3 is 0 Å². The SMILES string of the molecule is O=[N+]([O-])CCN1CCC(n2cccc2-c2ccncc2-c2ccc(F)cc2)CC1. The molecule has 0 amide bonds. The summed E-state index contributed by atoms with van der Waals surface area (Å²) in [5.41, 5.74) is 4.07. The second-order valence-electron chi connectivity index (χ2n) is 7.36. The van der Waals surface area contributed by atoms with Gasteiger partial charge < -0.3 is 4.57 Å². The number of benzene rings is 1. The molecule has 0 bridgehead atoms. The highest BCUT2D eigenvalue weighted by molar-refractivity contribution is 5.81. The molecular formula is C22H23FN4O2. The summed E-state index contributed by atoms with van der Waals surface area (Å²) in [6.45, 7) is 2.23. The van der Waals surface area contributed by atoms with E-state index in [9.17, 15) is 14.5 Å². The Kier molecular flexibility index (Phi) is 5.67. The van der Waals surface area contributed by atoms with E-state index in [1.54, 1.807) is 18.3 Å². The highest BCUT2D eigenvalue weighted by Crippen LogP contribution is 2.35. The number of halogens is 1. The van der Waals surface area contributed by atoms with Crippen LogP contribution in [-0.2, 0) is 0 Å². The molecule has 0 unspecified atom stereocenters. The van der Waals surface area contributed by atoms with E-state index in [1.165, 1.54) is 12.1 Å². The standard InChI is InChI=1S/C22H23FN4O2/c23-18-5-3-17(4-6-18)21-16-24-10-7-20(21)22-2-1-11-26(22)19-8-12-25(13-9-19)14-15-27(28)29/h1-7,10-11,16,19H,8-9,12-15H2. The van der Waals surface area contributed by atoms with E-state index in [-0.39, 0.29) is 17.3 Å². The van der Waals surface area contributed by atoms with E-state index >= 15 is 0 Å². The minimum Gasteiger partial charge on any atom is -0.344 e. The molecule has 1 aliphatic rings. The lowest BCUT2D eigenvalue weighted by molar-refractivity contribution is -0.480. The highest BCUT2D eigenvalue weighted by atomic mass is 19.1. The Hall–Kier alpha value is -3.06. The number of piperidine rings is 1. The number of aromatic nitrogens is 2. The van der Waals surface area contributed by atoms with Crippen molar-refractivity contribution in [2.75, 3.05) is 26.2 Å². The molecule has 3 heterocycles. The van der Waals surface area contributed by atoms with E-state index in [4.69, 9.17) is 0 Å². The van der Waals surface area contributed by atoms with E-state index in [2.05, 4.69) is 26.7 Å². The number of nitrogens with zero attached hydrogens (tertiary/aromatic N) is 4. The Morgan fingerprint density at radius 2 is 1.86 bits per heavy atom. The third kappa shape index (κ3) is 4.35. The quantitative estimate of drug-likeness (QED) is 0.463. The van der Waals surface area contributed by atoms with Crippen molar-refractivity contribution in [3.8, 4) is 22.4 Å². The molecule has 1 fully saturated rings. The zero-order valence-electron chi connectivity index (χ0n) is 16.1. The minimum absolute atomic E-state index is 0.00250. The van der Waals surface area contributed by atoms with E-state index in [1.807, 2.05) is 18.3 Å². The maximum absolute atomic E-state index is 13.4. The number of pyridine rings is 1. The molecule has 1 aliphatic heterocycles. The van der Waals surface area contributed by atoms with Gasteiger partial charge in [-0.3, -0.25) is 20.0 Å². The van der Waals surface area contributed by atoms with Gasteiger partial charge in [0.25, 0.3) is 0 Å². The average Bonchev–Trinajstić information content (AvgIpc) is 3.23. The van der Waals surface area contributed by atoms with Crippen LogP contribution < -0.4 is 0 Å². The molecule has 0 spiro atoms. The first-order chi connectivity index (χ1) is 14.1. The van der Waals surface area contributed by atoms with Gasteiger partial charge in [0, 0.05) is 59.5 Å². The third-order valence-electron chi connectivity index (χ3n) is 5.58. The largest absolute Gasteiger partial charge is 0.344 e. The lowest BCUT2D eigenvalue weighted by Gasteiger charge is -2.33. The fourth-order valence-electron chi connectivity index (χ4n) is 4.06. The summed E-state index contributed by atoms with van der Waals surface area (Å²) in [5.74, 6) is -0.258. The van der Waals surface area contributed by atoms with Crippen molar-refractivity contribution >= 4 is 0 Å². The van der Waals surface area contributed by atoms with Crippen molar-refractivity contribution in [2.24, 2.45) is 0 Å². The Morgan fingerprint density at radius 3 is 2.59 bits per heavy atom. The van der Waals surface area contributed by atoms with Crippen molar-refractivity contribution in [1.82, 2.24) is 14.5 Å². The van der Waals surface area contributed by atoms with Crippen LogP contribution in [0.2, 0.25) is 0 Å². The van der Waals surface area contributed by atoms with Gasteiger partial charge in [-0.25, -0.2) is 4.39 Å². The fraction of sp³-hybridized carbons (Fsp3) is 0.318. The van der Waals surface area contributed by atoms with Crippen LogP contribution in [0.5, 0.6) is 0 Å². The Labute approximate surface area is 168 Å². The monoisotopic (exact) mass is 394 g/mol. The van der Waals surface area contributed by atoms with Gasteiger partial charge in [0.15, 0.2) is 0 Å². The maximum Gasteiger partial charge on any atom is 0.216 e. The first-order valence-corrected chi connectivity index (χ1v) is 9.83. The summed E-state index contributed by atoms with van der Waals surface area (Å²) in [6.07, 6.45) is 7.61. The molecule has 150 valence electrons. The zero-order chi connectivity index (χ0) is 20.2. The highest BCUT2D eigenvalue weighted by Gasteiger charge is 2.23. The molecule has 2 aromatic heterocycles. The lowest BCUT2D eigenvalue weighted by Crippen LogP contribution is -2.37. The Morgan fingerprint density at radius 1 is 1.10 bits per heavy atom. The molecule has 3 aromatic rings. The first kappa shape index (κ1) is 19.3.